The molecule has 0 unspecified atom stereocenters. The number of halogens is 3. The molecule has 0 spiro atoms. The van der Waals surface area contributed by atoms with E-state index in [-0.39, 0.29) is 11.1 Å². The van der Waals surface area contributed by atoms with Gasteiger partial charge in [-0.05, 0) is 34.1 Å². The number of carbonyl (C=O) groups is 1. The third-order valence-corrected chi connectivity index (χ3v) is 2.60. The van der Waals surface area contributed by atoms with E-state index in [4.69, 9.17) is 0 Å². The maximum atomic E-state index is 13.4. The highest BCUT2D eigenvalue weighted by Crippen LogP contribution is 2.17. The van der Waals surface area contributed by atoms with Gasteiger partial charge in [0.05, 0.1) is 5.56 Å². The Labute approximate surface area is 104 Å². The molecule has 1 aromatic carbocycles. The normalized spacial score (nSPS) is 10.3. The lowest BCUT2D eigenvalue weighted by atomic mass is 10.0. The van der Waals surface area contributed by atoms with Crippen molar-refractivity contribution < 1.29 is 13.6 Å². The van der Waals surface area contributed by atoms with E-state index in [0.29, 0.717) is 4.47 Å². The van der Waals surface area contributed by atoms with Crippen LogP contribution in [0, 0.1) is 11.6 Å². The SMILES string of the molecule is O=C(c1cncc(Br)c1)c1cccc(F)c1F. The molecule has 0 aliphatic carbocycles. The largest absolute Gasteiger partial charge is 0.288 e. The molecule has 0 bridgehead atoms. The Morgan fingerprint density at radius 1 is 1.24 bits per heavy atom. The number of pyridine rings is 1. The second-order valence-electron chi connectivity index (χ2n) is 3.32. The Hall–Kier alpha value is -1.62. The van der Waals surface area contributed by atoms with Crippen LogP contribution in [-0.2, 0) is 0 Å². The van der Waals surface area contributed by atoms with Crippen LogP contribution >= 0.6 is 15.9 Å². The highest BCUT2D eigenvalue weighted by molar-refractivity contribution is 9.10. The summed E-state index contributed by atoms with van der Waals surface area (Å²) in [6.45, 7) is 0. The van der Waals surface area contributed by atoms with E-state index in [2.05, 4.69) is 20.9 Å². The van der Waals surface area contributed by atoms with Gasteiger partial charge in [0.1, 0.15) is 0 Å². The van der Waals surface area contributed by atoms with E-state index < -0.39 is 17.4 Å². The van der Waals surface area contributed by atoms with Crippen molar-refractivity contribution >= 4 is 21.7 Å². The molecule has 2 aromatic rings. The van der Waals surface area contributed by atoms with Crippen LogP contribution in [0.3, 0.4) is 0 Å². The first-order valence-electron chi connectivity index (χ1n) is 4.69. The summed E-state index contributed by atoms with van der Waals surface area (Å²) < 4.78 is 27.0. The lowest BCUT2D eigenvalue weighted by Crippen LogP contribution is -2.06. The molecule has 2 nitrogen and oxygen atoms in total. The van der Waals surface area contributed by atoms with Crippen LogP contribution in [0.4, 0.5) is 8.78 Å². The average molecular weight is 298 g/mol. The number of nitrogens with zero attached hydrogens (tertiary/aromatic N) is 1. The number of ketones is 1. The Kier molecular flexibility index (Phi) is 3.28. The van der Waals surface area contributed by atoms with Gasteiger partial charge in [-0.25, -0.2) is 8.78 Å². The molecule has 0 atom stereocenters. The molecular formula is C12H6BrF2NO. The summed E-state index contributed by atoms with van der Waals surface area (Å²) in [4.78, 5) is 15.7. The smallest absolute Gasteiger partial charge is 0.197 e. The van der Waals surface area contributed by atoms with E-state index in [1.165, 1.54) is 30.6 Å². The van der Waals surface area contributed by atoms with Gasteiger partial charge in [0.15, 0.2) is 17.4 Å². The summed E-state index contributed by atoms with van der Waals surface area (Å²) in [5.41, 5.74) is -0.103. The molecule has 0 aliphatic rings. The van der Waals surface area contributed by atoms with Crippen molar-refractivity contribution in [3.63, 3.8) is 0 Å². The summed E-state index contributed by atoms with van der Waals surface area (Å²) in [5, 5.41) is 0. The second-order valence-corrected chi connectivity index (χ2v) is 4.24. The first-order valence-corrected chi connectivity index (χ1v) is 5.48. The Morgan fingerprint density at radius 2 is 2.00 bits per heavy atom. The van der Waals surface area contributed by atoms with E-state index in [9.17, 15) is 13.6 Å². The lowest BCUT2D eigenvalue weighted by Gasteiger charge is -2.03. The molecule has 1 heterocycles. The highest BCUT2D eigenvalue weighted by Gasteiger charge is 2.17. The van der Waals surface area contributed by atoms with Gasteiger partial charge in [-0.2, -0.15) is 0 Å². The number of aromatic nitrogens is 1. The molecule has 2 rings (SSSR count). The Balaban J connectivity index is 2.48. The quantitative estimate of drug-likeness (QED) is 0.796. The van der Waals surface area contributed by atoms with E-state index in [1.54, 1.807) is 0 Å². The van der Waals surface area contributed by atoms with Crippen LogP contribution < -0.4 is 0 Å². The van der Waals surface area contributed by atoms with Gasteiger partial charge >= 0.3 is 0 Å². The topological polar surface area (TPSA) is 30.0 Å². The molecule has 0 fully saturated rings. The summed E-state index contributed by atoms with van der Waals surface area (Å²) in [6.07, 6.45) is 2.80. The zero-order valence-electron chi connectivity index (χ0n) is 8.45. The van der Waals surface area contributed by atoms with Crippen molar-refractivity contribution in [1.29, 1.82) is 0 Å². The number of carbonyl (C=O) groups excluding carboxylic acids is 1. The lowest BCUT2D eigenvalue weighted by molar-refractivity contribution is 0.103. The molecule has 17 heavy (non-hydrogen) atoms. The first kappa shape index (κ1) is 11.9. The van der Waals surface area contributed by atoms with Gasteiger partial charge in [-0.1, -0.05) is 6.07 Å². The van der Waals surface area contributed by atoms with Gasteiger partial charge in [0.2, 0.25) is 0 Å². The van der Waals surface area contributed by atoms with Crippen molar-refractivity contribution in [3.8, 4) is 0 Å². The second kappa shape index (κ2) is 4.71. The van der Waals surface area contributed by atoms with Crippen molar-refractivity contribution in [2.45, 2.75) is 0 Å². The van der Waals surface area contributed by atoms with E-state index >= 15 is 0 Å². The average Bonchev–Trinajstić information content (AvgIpc) is 2.32. The van der Waals surface area contributed by atoms with Gasteiger partial charge in [0, 0.05) is 22.4 Å². The van der Waals surface area contributed by atoms with Crippen LogP contribution in [0.1, 0.15) is 15.9 Å². The number of hydrogen-bond donors (Lipinski definition) is 0. The third kappa shape index (κ3) is 2.39. The molecule has 0 saturated heterocycles. The van der Waals surface area contributed by atoms with Crippen molar-refractivity contribution in [3.05, 3.63) is 63.9 Å². The minimum Gasteiger partial charge on any atom is -0.288 e. The van der Waals surface area contributed by atoms with Crippen LogP contribution in [0.15, 0.2) is 41.1 Å². The van der Waals surface area contributed by atoms with Crippen LogP contribution in [0.25, 0.3) is 0 Å². The summed E-state index contributed by atoms with van der Waals surface area (Å²) in [6, 6.07) is 4.99. The number of benzene rings is 1. The van der Waals surface area contributed by atoms with Gasteiger partial charge in [-0.3, -0.25) is 9.78 Å². The molecule has 0 radical (unpaired) electrons. The molecule has 0 aliphatic heterocycles. The van der Waals surface area contributed by atoms with Gasteiger partial charge < -0.3 is 0 Å². The fourth-order valence-corrected chi connectivity index (χ4v) is 1.74. The molecule has 0 N–H and O–H groups in total. The zero-order chi connectivity index (χ0) is 12.4. The number of rotatable bonds is 2. The summed E-state index contributed by atoms with van der Waals surface area (Å²) in [7, 11) is 0. The molecule has 0 amide bonds. The van der Waals surface area contributed by atoms with Crippen LogP contribution in [0.2, 0.25) is 0 Å². The predicted octanol–water partition coefficient (Wildman–Crippen LogP) is 3.35. The summed E-state index contributed by atoms with van der Waals surface area (Å²) in [5.74, 6) is -2.79. The third-order valence-electron chi connectivity index (χ3n) is 2.16. The molecular weight excluding hydrogens is 292 g/mol. The highest BCUT2D eigenvalue weighted by atomic mass is 79.9. The van der Waals surface area contributed by atoms with Crippen molar-refractivity contribution in [1.82, 2.24) is 4.98 Å². The minimum absolute atomic E-state index is 0.198. The molecule has 1 aromatic heterocycles. The summed E-state index contributed by atoms with van der Waals surface area (Å²) >= 11 is 3.15. The van der Waals surface area contributed by atoms with Gasteiger partial charge in [-0.15, -0.1) is 0 Å². The predicted molar refractivity (Wildman–Crippen MR) is 61.7 cm³/mol. The maximum absolute atomic E-state index is 13.4. The van der Waals surface area contributed by atoms with Crippen molar-refractivity contribution in [2.75, 3.05) is 0 Å². The maximum Gasteiger partial charge on any atom is 0.197 e. The number of hydrogen-bond acceptors (Lipinski definition) is 2. The molecule has 86 valence electrons. The van der Waals surface area contributed by atoms with Gasteiger partial charge in [0.25, 0.3) is 0 Å². The Morgan fingerprint density at radius 3 is 2.71 bits per heavy atom. The Bertz CT molecular complexity index is 586. The molecule has 5 heteroatoms. The standard InChI is InChI=1S/C12H6BrF2NO/c13-8-4-7(5-16-6-8)12(17)9-2-1-3-10(14)11(9)15/h1-6H. The monoisotopic (exact) mass is 297 g/mol. The van der Waals surface area contributed by atoms with E-state index in [1.807, 2.05) is 0 Å². The van der Waals surface area contributed by atoms with Crippen molar-refractivity contribution in [2.24, 2.45) is 0 Å². The zero-order valence-corrected chi connectivity index (χ0v) is 10.0. The fourth-order valence-electron chi connectivity index (χ4n) is 1.37. The van der Waals surface area contributed by atoms with Crippen LogP contribution in [-0.4, -0.2) is 10.8 Å². The fraction of sp³-hybridized carbons (Fsp3) is 0. The van der Waals surface area contributed by atoms with E-state index in [0.717, 1.165) is 6.07 Å². The van der Waals surface area contributed by atoms with Crippen LogP contribution in [0.5, 0.6) is 0 Å². The minimum atomic E-state index is -1.14. The molecule has 0 saturated carbocycles. The first-order chi connectivity index (χ1) is 8.09.